The highest BCUT2D eigenvalue weighted by atomic mass is 19.1. The number of allylic oxidation sites excluding steroid dienone is 1. The monoisotopic (exact) mass is 394 g/mol. The number of hydrogen-bond acceptors (Lipinski definition) is 3. The fraction of sp³-hybridized carbons (Fsp3) is 0.0800. The minimum Gasteiger partial charge on any atom is -0.338 e. The maximum Gasteiger partial charge on any atom is 0.150 e. The molecule has 1 aromatic carbocycles. The third-order valence-electron chi connectivity index (χ3n) is 5.30. The van der Waals surface area contributed by atoms with Crippen LogP contribution in [0.1, 0.15) is 12.0 Å². The summed E-state index contributed by atoms with van der Waals surface area (Å²) in [5, 5.41) is 1.65. The van der Waals surface area contributed by atoms with Gasteiger partial charge in [0, 0.05) is 34.3 Å². The van der Waals surface area contributed by atoms with E-state index < -0.39 is 0 Å². The summed E-state index contributed by atoms with van der Waals surface area (Å²) >= 11 is 0. The Morgan fingerprint density at radius 2 is 1.87 bits per heavy atom. The Kier molecular flexibility index (Phi) is 4.56. The van der Waals surface area contributed by atoms with E-state index in [0.717, 1.165) is 46.0 Å². The average Bonchev–Trinajstić information content (AvgIpc) is 3.16. The molecule has 0 aliphatic heterocycles. The van der Waals surface area contributed by atoms with Crippen LogP contribution in [0.3, 0.4) is 0 Å². The van der Waals surface area contributed by atoms with Gasteiger partial charge < -0.3 is 4.98 Å². The summed E-state index contributed by atoms with van der Waals surface area (Å²) in [4.78, 5) is 16.3. The lowest BCUT2D eigenvalue weighted by Crippen LogP contribution is -1.90. The van der Waals surface area contributed by atoms with Crippen LogP contribution in [0.4, 0.5) is 4.39 Å². The van der Waals surface area contributed by atoms with Crippen molar-refractivity contribution in [3.05, 3.63) is 91.3 Å². The first-order valence-corrected chi connectivity index (χ1v) is 9.81. The van der Waals surface area contributed by atoms with Crippen molar-refractivity contribution in [1.82, 2.24) is 19.9 Å². The van der Waals surface area contributed by atoms with Gasteiger partial charge in [0.05, 0.1) is 23.6 Å². The van der Waals surface area contributed by atoms with Gasteiger partial charge in [-0.05, 0) is 42.2 Å². The highest BCUT2D eigenvalue weighted by Gasteiger charge is 2.17. The number of nitrogens with one attached hydrogen (secondary N) is 1. The third-order valence-corrected chi connectivity index (χ3v) is 5.30. The fourth-order valence-electron chi connectivity index (χ4n) is 3.80. The van der Waals surface area contributed by atoms with Crippen molar-refractivity contribution in [2.24, 2.45) is 0 Å². The summed E-state index contributed by atoms with van der Waals surface area (Å²) in [5.74, 6) is -0.345. The molecule has 5 rings (SSSR count). The largest absolute Gasteiger partial charge is 0.338 e. The number of hydrogen-bond donors (Lipinski definition) is 1. The molecule has 1 N–H and O–H groups in total. The third kappa shape index (κ3) is 3.14. The summed E-state index contributed by atoms with van der Waals surface area (Å²) in [5.41, 5.74) is 5.72. The molecule has 0 radical (unpaired) electrons. The van der Waals surface area contributed by atoms with Crippen molar-refractivity contribution in [2.45, 2.75) is 12.8 Å². The normalized spacial score (nSPS) is 11.2. The molecule has 4 nitrogen and oxygen atoms in total. The number of H-pyrrole nitrogens is 1. The summed E-state index contributed by atoms with van der Waals surface area (Å²) in [7, 11) is 0. The maximum atomic E-state index is 15.0. The van der Waals surface area contributed by atoms with Crippen molar-refractivity contribution in [3.8, 4) is 22.4 Å². The smallest absolute Gasteiger partial charge is 0.150 e. The number of benzene rings is 1. The lowest BCUT2D eigenvalue weighted by atomic mass is 9.98. The van der Waals surface area contributed by atoms with Gasteiger partial charge in [0.15, 0.2) is 0 Å². The van der Waals surface area contributed by atoms with Gasteiger partial charge in [0.25, 0.3) is 0 Å². The zero-order chi connectivity index (χ0) is 20.5. The van der Waals surface area contributed by atoms with Gasteiger partial charge in [-0.1, -0.05) is 30.3 Å². The molecule has 0 bridgehead atoms. The van der Waals surface area contributed by atoms with Gasteiger partial charge in [0.2, 0.25) is 0 Å². The van der Waals surface area contributed by atoms with Gasteiger partial charge in [-0.2, -0.15) is 0 Å². The standard InChI is InChI=1S/C25H19FN4/c1-2-3-5-16-7-9-17(10-8-16)23-20(26)14-29-25-24(23)19-12-21(28-15-22(19)30-25)18-6-4-11-27-13-18/h2,4,6-15H,1,3,5H2,(H,29,30). The first-order valence-electron chi connectivity index (χ1n) is 9.81. The van der Waals surface area contributed by atoms with Gasteiger partial charge in [-0.3, -0.25) is 9.97 Å². The Morgan fingerprint density at radius 3 is 2.63 bits per heavy atom. The van der Waals surface area contributed by atoms with Gasteiger partial charge >= 0.3 is 0 Å². The van der Waals surface area contributed by atoms with Gasteiger partial charge in [-0.15, -0.1) is 6.58 Å². The number of pyridine rings is 3. The van der Waals surface area contributed by atoms with Gasteiger partial charge in [-0.25, -0.2) is 9.37 Å². The first-order chi connectivity index (χ1) is 14.7. The predicted molar refractivity (Wildman–Crippen MR) is 119 cm³/mol. The van der Waals surface area contributed by atoms with Crippen molar-refractivity contribution < 1.29 is 4.39 Å². The Labute approximate surface area is 173 Å². The second-order valence-corrected chi connectivity index (χ2v) is 7.21. The Morgan fingerprint density at radius 1 is 1.00 bits per heavy atom. The molecule has 146 valence electrons. The van der Waals surface area contributed by atoms with Crippen LogP contribution in [0.25, 0.3) is 44.3 Å². The highest BCUT2D eigenvalue weighted by Crippen LogP contribution is 2.36. The number of nitrogens with zero attached hydrogens (tertiary/aromatic N) is 3. The van der Waals surface area contributed by atoms with Gasteiger partial charge in [0.1, 0.15) is 11.5 Å². The molecule has 30 heavy (non-hydrogen) atoms. The zero-order valence-corrected chi connectivity index (χ0v) is 16.3. The summed E-state index contributed by atoms with van der Waals surface area (Å²) in [6, 6.07) is 13.8. The van der Waals surface area contributed by atoms with Crippen LogP contribution in [0, 0.1) is 5.82 Å². The molecule has 0 fully saturated rings. The number of aryl methyl sites for hydroxylation is 1. The molecule has 0 aliphatic rings. The van der Waals surface area contributed by atoms with Crippen molar-refractivity contribution >= 4 is 21.9 Å². The topological polar surface area (TPSA) is 54.5 Å². The van der Waals surface area contributed by atoms with E-state index in [2.05, 4.69) is 26.5 Å². The summed E-state index contributed by atoms with van der Waals surface area (Å²) < 4.78 is 15.0. The van der Waals surface area contributed by atoms with Crippen LogP contribution in [0.5, 0.6) is 0 Å². The minimum absolute atomic E-state index is 0.345. The van der Waals surface area contributed by atoms with E-state index in [4.69, 9.17) is 0 Å². The van der Waals surface area contributed by atoms with Crippen LogP contribution in [0.15, 0.2) is 79.9 Å². The molecule has 0 saturated heterocycles. The van der Waals surface area contributed by atoms with Crippen molar-refractivity contribution in [2.75, 3.05) is 0 Å². The molecule has 0 atom stereocenters. The average molecular weight is 394 g/mol. The van der Waals surface area contributed by atoms with Crippen LogP contribution in [-0.2, 0) is 6.42 Å². The van der Waals surface area contributed by atoms with Crippen LogP contribution in [-0.4, -0.2) is 19.9 Å². The van der Waals surface area contributed by atoms with Crippen molar-refractivity contribution in [3.63, 3.8) is 0 Å². The SMILES string of the molecule is C=CCCc1ccc(-c2c(F)cnc3[nH]c4cnc(-c5cccnc5)cc4c23)cc1. The molecule has 4 heterocycles. The second-order valence-electron chi connectivity index (χ2n) is 7.21. The molecule has 0 aliphatic carbocycles. The molecule has 0 amide bonds. The molecule has 0 spiro atoms. The maximum absolute atomic E-state index is 15.0. The first kappa shape index (κ1) is 18.2. The van der Waals surface area contributed by atoms with E-state index >= 15 is 4.39 Å². The Bertz CT molecular complexity index is 1360. The molecule has 0 saturated carbocycles. The number of rotatable bonds is 5. The van der Waals surface area contributed by atoms with Crippen molar-refractivity contribution in [1.29, 1.82) is 0 Å². The predicted octanol–water partition coefficient (Wildman–Crippen LogP) is 6.10. The van der Waals surface area contributed by atoms with Crippen LogP contribution >= 0.6 is 0 Å². The highest BCUT2D eigenvalue weighted by molar-refractivity contribution is 6.13. The van der Waals surface area contributed by atoms with E-state index in [-0.39, 0.29) is 5.82 Å². The van der Waals surface area contributed by atoms with E-state index in [9.17, 15) is 0 Å². The quantitative estimate of drug-likeness (QED) is 0.367. The lowest BCUT2D eigenvalue weighted by molar-refractivity contribution is 0.627. The Hall–Kier alpha value is -3.86. The number of aromatic amines is 1. The molecule has 0 unspecified atom stereocenters. The fourth-order valence-corrected chi connectivity index (χ4v) is 3.80. The molecule has 4 aromatic heterocycles. The van der Waals surface area contributed by atoms with E-state index in [1.807, 2.05) is 48.5 Å². The zero-order valence-electron chi connectivity index (χ0n) is 16.3. The van der Waals surface area contributed by atoms with E-state index in [0.29, 0.717) is 11.2 Å². The number of halogens is 1. The van der Waals surface area contributed by atoms with E-state index in [1.165, 1.54) is 11.8 Å². The number of fused-ring (bicyclic) bond motifs is 3. The van der Waals surface area contributed by atoms with Crippen LogP contribution in [0.2, 0.25) is 0 Å². The second kappa shape index (κ2) is 7.52. The minimum atomic E-state index is -0.345. The number of aromatic nitrogens is 4. The van der Waals surface area contributed by atoms with E-state index in [1.54, 1.807) is 18.6 Å². The summed E-state index contributed by atoms with van der Waals surface area (Å²) in [6.45, 7) is 3.77. The Balaban J connectivity index is 1.71. The lowest BCUT2D eigenvalue weighted by Gasteiger charge is -2.08. The summed E-state index contributed by atoms with van der Waals surface area (Å²) in [6.07, 6.45) is 10.3. The molecule has 5 aromatic rings. The molecular formula is C25H19FN4. The van der Waals surface area contributed by atoms with Crippen LogP contribution < -0.4 is 0 Å². The molecular weight excluding hydrogens is 375 g/mol. The molecule has 5 heteroatoms.